The summed E-state index contributed by atoms with van der Waals surface area (Å²) in [5, 5.41) is 12.9. The molecule has 0 aromatic carbocycles. The predicted molar refractivity (Wildman–Crippen MR) is 92.5 cm³/mol. The Balaban J connectivity index is 1.77. The molecule has 2 heterocycles. The lowest BCUT2D eigenvalue weighted by Crippen LogP contribution is -2.50. The van der Waals surface area contributed by atoms with E-state index in [2.05, 4.69) is 39.2 Å². The van der Waals surface area contributed by atoms with E-state index in [1.165, 1.54) is 5.56 Å². The first-order valence-corrected chi connectivity index (χ1v) is 8.81. The molecule has 23 heavy (non-hydrogen) atoms. The van der Waals surface area contributed by atoms with Crippen LogP contribution >= 0.6 is 11.3 Å². The molecule has 2 atom stereocenters. The zero-order valence-corrected chi connectivity index (χ0v) is 14.8. The number of nitrogens with one attached hydrogen (secondary N) is 3. The van der Waals surface area contributed by atoms with Crippen molar-refractivity contribution in [1.82, 2.24) is 20.9 Å². The van der Waals surface area contributed by atoms with Crippen LogP contribution in [0.25, 0.3) is 0 Å². The molecular formula is C16H26N4O2S. The van der Waals surface area contributed by atoms with Crippen LogP contribution in [0.15, 0.2) is 16.8 Å². The zero-order valence-electron chi connectivity index (χ0n) is 14.0. The van der Waals surface area contributed by atoms with Crippen molar-refractivity contribution in [1.29, 1.82) is 0 Å². The van der Waals surface area contributed by atoms with Crippen LogP contribution in [0.4, 0.5) is 4.79 Å². The maximum atomic E-state index is 12.1. The Bertz CT molecular complexity index is 520. The van der Waals surface area contributed by atoms with Gasteiger partial charge < -0.3 is 20.9 Å². The first-order chi connectivity index (χ1) is 10.9. The summed E-state index contributed by atoms with van der Waals surface area (Å²) in [6.07, 6.45) is 1.33. The number of thiophene rings is 1. The molecule has 0 saturated carbocycles. The number of hydrogen-bond acceptors (Lipinski definition) is 4. The van der Waals surface area contributed by atoms with Crippen molar-refractivity contribution in [2.24, 2.45) is 5.41 Å². The Kier molecular flexibility index (Phi) is 6.01. The highest BCUT2D eigenvalue weighted by atomic mass is 32.1. The molecule has 3 N–H and O–H groups in total. The molecule has 0 bridgehead atoms. The van der Waals surface area contributed by atoms with E-state index in [1.54, 1.807) is 11.3 Å². The fourth-order valence-corrected chi connectivity index (χ4v) is 3.37. The monoisotopic (exact) mass is 338 g/mol. The molecule has 2 unspecified atom stereocenters. The summed E-state index contributed by atoms with van der Waals surface area (Å²) in [4.78, 5) is 25.4. The number of likely N-dealkylation sites (N-methyl/N-ethyl adjacent to an activating group) is 1. The van der Waals surface area contributed by atoms with Gasteiger partial charge in [-0.1, -0.05) is 6.92 Å². The molecule has 7 heteroatoms. The molecule has 1 aromatic rings. The summed E-state index contributed by atoms with van der Waals surface area (Å²) < 4.78 is 0. The van der Waals surface area contributed by atoms with E-state index in [1.807, 2.05) is 19.5 Å². The standard InChI is InChI=1S/C16H26N4O2S/c1-16(6-4-14(21)18-10-16)11-19-15(22)17-8-13(20(2)3)12-5-7-23-9-12/h5,7,9,13H,4,6,8,10-11H2,1-3H3,(H,18,21)(H2,17,19,22). The lowest BCUT2D eigenvalue weighted by atomic mass is 9.82. The summed E-state index contributed by atoms with van der Waals surface area (Å²) in [6, 6.07) is 2.09. The molecule has 1 aliphatic heterocycles. The first-order valence-electron chi connectivity index (χ1n) is 7.86. The van der Waals surface area contributed by atoms with Gasteiger partial charge in [-0.15, -0.1) is 0 Å². The molecule has 1 aliphatic rings. The van der Waals surface area contributed by atoms with Crippen LogP contribution in [0.1, 0.15) is 31.4 Å². The maximum Gasteiger partial charge on any atom is 0.314 e. The number of piperidine rings is 1. The lowest BCUT2D eigenvalue weighted by molar-refractivity contribution is -0.124. The molecule has 3 amide bonds. The van der Waals surface area contributed by atoms with E-state index in [0.29, 0.717) is 26.1 Å². The minimum Gasteiger partial charge on any atom is -0.355 e. The van der Waals surface area contributed by atoms with Crippen LogP contribution in [-0.2, 0) is 4.79 Å². The third kappa shape index (κ3) is 5.21. The molecule has 1 fully saturated rings. The average molecular weight is 338 g/mol. The Morgan fingerprint density at radius 2 is 2.26 bits per heavy atom. The minimum absolute atomic E-state index is 0.0699. The van der Waals surface area contributed by atoms with E-state index in [0.717, 1.165) is 6.42 Å². The second-order valence-electron chi connectivity index (χ2n) is 6.69. The number of amides is 3. The highest BCUT2D eigenvalue weighted by molar-refractivity contribution is 7.07. The molecule has 128 valence electrons. The highest BCUT2D eigenvalue weighted by Crippen LogP contribution is 2.24. The van der Waals surface area contributed by atoms with E-state index < -0.39 is 0 Å². The van der Waals surface area contributed by atoms with Gasteiger partial charge in [0.05, 0.1) is 6.04 Å². The van der Waals surface area contributed by atoms with Gasteiger partial charge in [-0.2, -0.15) is 11.3 Å². The molecule has 1 saturated heterocycles. The van der Waals surface area contributed by atoms with Gasteiger partial charge in [0.25, 0.3) is 0 Å². The van der Waals surface area contributed by atoms with Crippen molar-refractivity contribution < 1.29 is 9.59 Å². The number of urea groups is 1. The normalized spacial score (nSPS) is 22.5. The largest absolute Gasteiger partial charge is 0.355 e. The van der Waals surface area contributed by atoms with Crippen LogP contribution in [0.5, 0.6) is 0 Å². The van der Waals surface area contributed by atoms with Gasteiger partial charge in [0.2, 0.25) is 5.91 Å². The van der Waals surface area contributed by atoms with E-state index in [9.17, 15) is 9.59 Å². The van der Waals surface area contributed by atoms with Crippen molar-refractivity contribution in [3.8, 4) is 0 Å². The van der Waals surface area contributed by atoms with Gasteiger partial charge in [-0.05, 0) is 42.9 Å². The summed E-state index contributed by atoms with van der Waals surface area (Å²) in [5.41, 5.74) is 1.14. The van der Waals surface area contributed by atoms with Gasteiger partial charge in [0.15, 0.2) is 0 Å². The van der Waals surface area contributed by atoms with Gasteiger partial charge in [0.1, 0.15) is 0 Å². The SMILES string of the molecule is CN(C)C(CNC(=O)NCC1(C)CCC(=O)NC1)c1ccsc1. The molecule has 2 rings (SSSR count). The zero-order chi connectivity index (χ0) is 16.9. The van der Waals surface area contributed by atoms with Gasteiger partial charge in [-0.25, -0.2) is 4.79 Å². The number of rotatable bonds is 6. The first kappa shape index (κ1) is 17.7. The van der Waals surface area contributed by atoms with Crippen LogP contribution in [0.2, 0.25) is 0 Å². The van der Waals surface area contributed by atoms with Crippen LogP contribution in [0, 0.1) is 5.41 Å². The van der Waals surface area contributed by atoms with E-state index >= 15 is 0 Å². The van der Waals surface area contributed by atoms with Crippen molar-refractivity contribution in [2.75, 3.05) is 33.7 Å². The molecule has 0 spiro atoms. The van der Waals surface area contributed by atoms with E-state index in [-0.39, 0.29) is 23.4 Å². The number of carbonyl (C=O) groups excluding carboxylic acids is 2. The van der Waals surface area contributed by atoms with E-state index in [4.69, 9.17) is 0 Å². The maximum absolute atomic E-state index is 12.1. The fourth-order valence-electron chi connectivity index (χ4n) is 2.66. The average Bonchev–Trinajstić information content (AvgIpc) is 3.03. The van der Waals surface area contributed by atoms with Gasteiger partial charge >= 0.3 is 6.03 Å². The Morgan fingerprint density at radius 1 is 1.48 bits per heavy atom. The summed E-state index contributed by atoms with van der Waals surface area (Å²) in [6.45, 7) is 3.81. The molecule has 6 nitrogen and oxygen atoms in total. The smallest absolute Gasteiger partial charge is 0.314 e. The van der Waals surface area contributed by atoms with Crippen molar-refractivity contribution in [3.63, 3.8) is 0 Å². The Morgan fingerprint density at radius 3 is 2.83 bits per heavy atom. The molecule has 0 radical (unpaired) electrons. The van der Waals surface area contributed by atoms with Crippen LogP contribution < -0.4 is 16.0 Å². The topological polar surface area (TPSA) is 73.5 Å². The number of hydrogen-bond donors (Lipinski definition) is 3. The quantitative estimate of drug-likeness (QED) is 0.737. The molecule has 1 aromatic heterocycles. The lowest BCUT2D eigenvalue weighted by Gasteiger charge is -2.33. The fraction of sp³-hybridized carbons (Fsp3) is 0.625. The Labute approximate surface area is 141 Å². The Hall–Kier alpha value is -1.60. The van der Waals surface area contributed by atoms with Gasteiger partial charge in [-0.3, -0.25) is 4.79 Å². The summed E-state index contributed by atoms with van der Waals surface area (Å²) >= 11 is 1.66. The van der Waals surface area contributed by atoms with Crippen LogP contribution in [0.3, 0.4) is 0 Å². The second kappa shape index (κ2) is 7.79. The second-order valence-corrected chi connectivity index (χ2v) is 7.47. The number of carbonyl (C=O) groups is 2. The molecule has 0 aliphatic carbocycles. The van der Waals surface area contributed by atoms with Crippen molar-refractivity contribution in [3.05, 3.63) is 22.4 Å². The summed E-state index contributed by atoms with van der Waals surface area (Å²) in [5.74, 6) is 0.0940. The highest BCUT2D eigenvalue weighted by Gasteiger charge is 2.30. The predicted octanol–water partition coefficient (Wildman–Crippen LogP) is 1.57. The van der Waals surface area contributed by atoms with Crippen molar-refractivity contribution >= 4 is 23.3 Å². The summed E-state index contributed by atoms with van der Waals surface area (Å²) in [7, 11) is 4.02. The van der Waals surface area contributed by atoms with Crippen molar-refractivity contribution in [2.45, 2.75) is 25.8 Å². The van der Waals surface area contributed by atoms with Crippen LogP contribution in [-0.4, -0.2) is 50.6 Å². The van der Waals surface area contributed by atoms with Gasteiger partial charge in [0, 0.05) is 31.5 Å². The third-order valence-corrected chi connectivity index (χ3v) is 5.05. The number of nitrogens with zero attached hydrogens (tertiary/aromatic N) is 1. The third-order valence-electron chi connectivity index (χ3n) is 4.35. The minimum atomic E-state index is -0.162. The molecular weight excluding hydrogens is 312 g/mol.